The summed E-state index contributed by atoms with van der Waals surface area (Å²) in [5.41, 5.74) is 0.534. The van der Waals surface area contributed by atoms with Gasteiger partial charge < -0.3 is 10.1 Å². The highest BCUT2D eigenvalue weighted by Crippen LogP contribution is 2.18. The Morgan fingerprint density at radius 3 is 2.89 bits per heavy atom. The van der Waals surface area contributed by atoms with E-state index in [1.807, 2.05) is 31.4 Å². The molecule has 0 aliphatic heterocycles. The SMILES string of the molecule is CCOc1ccc(C(=O)N[C@@H](C)c2cccs2)cn1. The molecule has 1 amide bonds. The van der Waals surface area contributed by atoms with E-state index in [9.17, 15) is 4.79 Å². The summed E-state index contributed by atoms with van der Waals surface area (Å²) in [5.74, 6) is 0.404. The van der Waals surface area contributed by atoms with Gasteiger partial charge in [-0.3, -0.25) is 4.79 Å². The summed E-state index contributed by atoms with van der Waals surface area (Å²) < 4.78 is 5.24. The van der Waals surface area contributed by atoms with E-state index in [1.54, 1.807) is 23.5 Å². The number of nitrogens with zero attached hydrogens (tertiary/aromatic N) is 1. The first kappa shape index (κ1) is 13.5. The molecule has 0 fully saturated rings. The average molecular weight is 276 g/mol. The molecule has 2 aromatic rings. The Morgan fingerprint density at radius 2 is 2.32 bits per heavy atom. The van der Waals surface area contributed by atoms with Crippen molar-refractivity contribution in [3.63, 3.8) is 0 Å². The zero-order chi connectivity index (χ0) is 13.7. The van der Waals surface area contributed by atoms with Crippen molar-refractivity contribution in [3.05, 3.63) is 46.3 Å². The van der Waals surface area contributed by atoms with Crippen molar-refractivity contribution >= 4 is 17.2 Å². The number of hydrogen-bond acceptors (Lipinski definition) is 4. The molecule has 0 radical (unpaired) electrons. The highest BCUT2D eigenvalue weighted by atomic mass is 32.1. The van der Waals surface area contributed by atoms with Crippen LogP contribution in [0.15, 0.2) is 35.8 Å². The summed E-state index contributed by atoms with van der Waals surface area (Å²) in [4.78, 5) is 17.2. The maximum absolute atomic E-state index is 12.0. The van der Waals surface area contributed by atoms with Gasteiger partial charge in [-0.1, -0.05) is 6.07 Å². The molecule has 0 spiro atoms. The minimum Gasteiger partial charge on any atom is -0.478 e. The standard InChI is InChI=1S/C14H16N2O2S/c1-3-18-13-7-6-11(9-15-13)14(17)16-10(2)12-5-4-8-19-12/h4-10H,3H2,1-2H3,(H,16,17)/t10-/m0/s1. The molecule has 0 aromatic carbocycles. The van der Waals surface area contributed by atoms with Gasteiger partial charge in [0.05, 0.1) is 18.2 Å². The number of nitrogens with one attached hydrogen (secondary N) is 1. The molecule has 0 unspecified atom stereocenters. The number of rotatable bonds is 5. The van der Waals surface area contributed by atoms with E-state index in [4.69, 9.17) is 4.74 Å². The molecule has 2 aromatic heterocycles. The summed E-state index contributed by atoms with van der Waals surface area (Å²) in [6.07, 6.45) is 1.53. The predicted molar refractivity (Wildman–Crippen MR) is 75.6 cm³/mol. The molecule has 0 bridgehead atoms. The lowest BCUT2D eigenvalue weighted by Crippen LogP contribution is -2.26. The number of hydrogen-bond donors (Lipinski definition) is 1. The van der Waals surface area contributed by atoms with Gasteiger partial charge >= 0.3 is 0 Å². The third-order valence-corrected chi connectivity index (χ3v) is 3.66. The number of aromatic nitrogens is 1. The van der Waals surface area contributed by atoms with Gasteiger partial charge in [-0.05, 0) is 31.4 Å². The molecule has 2 heterocycles. The monoisotopic (exact) mass is 276 g/mol. The van der Waals surface area contributed by atoms with Crippen molar-refractivity contribution in [3.8, 4) is 5.88 Å². The highest BCUT2D eigenvalue weighted by Gasteiger charge is 2.12. The maximum Gasteiger partial charge on any atom is 0.253 e. The van der Waals surface area contributed by atoms with Crippen LogP contribution in [0.3, 0.4) is 0 Å². The summed E-state index contributed by atoms with van der Waals surface area (Å²) in [6, 6.07) is 7.40. The first-order valence-corrected chi connectivity index (χ1v) is 7.01. The number of carbonyl (C=O) groups is 1. The van der Waals surface area contributed by atoms with E-state index in [-0.39, 0.29) is 11.9 Å². The number of ether oxygens (including phenoxy) is 1. The van der Waals surface area contributed by atoms with Crippen LogP contribution in [0.5, 0.6) is 5.88 Å². The van der Waals surface area contributed by atoms with Crippen molar-refractivity contribution in [2.24, 2.45) is 0 Å². The summed E-state index contributed by atoms with van der Waals surface area (Å²) in [6.45, 7) is 4.42. The van der Waals surface area contributed by atoms with Gasteiger partial charge in [-0.15, -0.1) is 11.3 Å². The maximum atomic E-state index is 12.0. The van der Waals surface area contributed by atoms with E-state index in [2.05, 4.69) is 10.3 Å². The van der Waals surface area contributed by atoms with Crippen molar-refractivity contribution in [1.29, 1.82) is 0 Å². The van der Waals surface area contributed by atoms with Crippen LogP contribution in [0.2, 0.25) is 0 Å². The van der Waals surface area contributed by atoms with Crippen LogP contribution in [0.1, 0.15) is 35.1 Å². The van der Waals surface area contributed by atoms with Crippen LogP contribution in [0.25, 0.3) is 0 Å². The second kappa shape index (κ2) is 6.33. The van der Waals surface area contributed by atoms with E-state index >= 15 is 0 Å². The molecule has 0 saturated heterocycles. The topological polar surface area (TPSA) is 51.2 Å². The third-order valence-electron chi connectivity index (χ3n) is 2.61. The van der Waals surface area contributed by atoms with Gasteiger partial charge in [-0.25, -0.2) is 4.98 Å². The second-order valence-electron chi connectivity index (χ2n) is 4.03. The molecule has 0 aliphatic carbocycles. The number of thiophene rings is 1. The van der Waals surface area contributed by atoms with Crippen molar-refractivity contribution in [2.45, 2.75) is 19.9 Å². The lowest BCUT2D eigenvalue weighted by molar-refractivity contribution is 0.0940. The third kappa shape index (κ3) is 3.54. The number of pyridine rings is 1. The number of carbonyl (C=O) groups excluding carboxylic acids is 1. The fourth-order valence-corrected chi connectivity index (χ4v) is 2.37. The zero-order valence-electron chi connectivity index (χ0n) is 10.9. The zero-order valence-corrected chi connectivity index (χ0v) is 11.7. The molecular formula is C14H16N2O2S. The van der Waals surface area contributed by atoms with Gasteiger partial charge in [0.25, 0.3) is 5.91 Å². The molecular weight excluding hydrogens is 260 g/mol. The molecule has 100 valence electrons. The van der Waals surface area contributed by atoms with Crippen LogP contribution in [-0.2, 0) is 0 Å². The molecule has 0 saturated carbocycles. The highest BCUT2D eigenvalue weighted by molar-refractivity contribution is 7.10. The average Bonchev–Trinajstić information content (AvgIpc) is 2.94. The van der Waals surface area contributed by atoms with Crippen LogP contribution >= 0.6 is 11.3 Å². The summed E-state index contributed by atoms with van der Waals surface area (Å²) in [5, 5.41) is 4.94. The molecule has 1 N–H and O–H groups in total. The van der Waals surface area contributed by atoms with Gasteiger partial charge in [0.15, 0.2) is 0 Å². The van der Waals surface area contributed by atoms with Gasteiger partial charge in [0.2, 0.25) is 5.88 Å². The lowest BCUT2D eigenvalue weighted by atomic mass is 10.2. The fourth-order valence-electron chi connectivity index (χ4n) is 1.64. The molecule has 5 heteroatoms. The van der Waals surface area contributed by atoms with E-state index < -0.39 is 0 Å². The Balaban J connectivity index is 1.99. The fraction of sp³-hybridized carbons (Fsp3) is 0.286. The molecule has 0 aliphatic rings. The largest absolute Gasteiger partial charge is 0.478 e. The van der Waals surface area contributed by atoms with Crippen molar-refractivity contribution in [2.75, 3.05) is 6.61 Å². The van der Waals surface area contributed by atoms with E-state index in [0.29, 0.717) is 18.1 Å². The molecule has 1 atom stereocenters. The Bertz CT molecular complexity index is 523. The quantitative estimate of drug-likeness (QED) is 0.913. The first-order valence-electron chi connectivity index (χ1n) is 6.14. The predicted octanol–water partition coefficient (Wildman–Crippen LogP) is 3.03. The summed E-state index contributed by atoms with van der Waals surface area (Å²) in [7, 11) is 0. The Hall–Kier alpha value is -1.88. The lowest BCUT2D eigenvalue weighted by Gasteiger charge is -2.12. The van der Waals surface area contributed by atoms with Crippen LogP contribution in [0, 0.1) is 0 Å². The van der Waals surface area contributed by atoms with Gasteiger partial charge in [0.1, 0.15) is 0 Å². The second-order valence-corrected chi connectivity index (χ2v) is 5.01. The van der Waals surface area contributed by atoms with Crippen LogP contribution in [-0.4, -0.2) is 17.5 Å². The first-order chi connectivity index (χ1) is 9.20. The van der Waals surface area contributed by atoms with E-state index in [0.717, 1.165) is 4.88 Å². The minimum atomic E-state index is -0.128. The Kier molecular flexibility index (Phi) is 4.52. The Labute approximate surface area is 116 Å². The van der Waals surface area contributed by atoms with Crippen LogP contribution in [0.4, 0.5) is 0 Å². The smallest absolute Gasteiger partial charge is 0.253 e. The normalized spacial score (nSPS) is 11.9. The molecule has 4 nitrogen and oxygen atoms in total. The van der Waals surface area contributed by atoms with Crippen LogP contribution < -0.4 is 10.1 Å². The van der Waals surface area contributed by atoms with E-state index in [1.165, 1.54) is 6.20 Å². The van der Waals surface area contributed by atoms with Gasteiger partial charge in [0, 0.05) is 17.1 Å². The summed E-state index contributed by atoms with van der Waals surface area (Å²) >= 11 is 1.63. The molecule has 19 heavy (non-hydrogen) atoms. The van der Waals surface area contributed by atoms with Crippen molar-refractivity contribution < 1.29 is 9.53 Å². The van der Waals surface area contributed by atoms with Crippen molar-refractivity contribution in [1.82, 2.24) is 10.3 Å². The molecule has 2 rings (SSSR count). The number of amides is 1. The minimum absolute atomic E-state index is 0.000863. The Morgan fingerprint density at radius 1 is 1.47 bits per heavy atom. The van der Waals surface area contributed by atoms with Gasteiger partial charge in [-0.2, -0.15) is 0 Å².